The third-order valence-corrected chi connectivity index (χ3v) is 2.67. The van der Waals surface area contributed by atoms with Gasteiger partial charge in [-0.05, 0) is 37.0 Å². The molecule has 2 heteroatoms. The molecule has 0 radical (unpaired) electrons. The molecule has 0 spiro atoms. The van der Waals surface area contributed by atoms with Crippen LogP contribution in [0.25, 0.3) is 0 Å². The second-order valence-electron chi connectivity index (χ2n) is 3.41. The number of hydrogen-bond acceptors (Lipinski definition) is 1. The van der Waals surface area contributed by atoms with Crippen LogP contribution in [-0.4, -0.2) is 6.61 Å². The van der Waals surface area contributed by atoms with Crippen molar-refractivity contribution >= 4 is 11.6 Å². The van der Waals surface area contributed by atoms with Crippen LogP contribution < -0.4 is 0 Å². The SMILES string of the molecule is Clc1ccc([C@H]2CCCCO2)cc1. The van der Waals surface area contributed by atoms with Crippen molar-refractivity contribution in [3.05, 3.63) is 34.9 Å². The Morgan fingerprint density at radius 2 is 1.92 bits per heavy atom. The van der Waals surface area contributed by atoms with Gasteiger partial charge in [-0.3, -0.25) is 0 Å². The van der Waals surface area contributed by atoms with E-state index >= 15 is 0 Å². The van der Waals surface area contributed by atoms with Crippen LogP contribution in [0.2, 0.25) is 5.02 Å². The Kier molecular flexibility index (Phi) is 2.87. The van der Waals surface area contributed by atoms with Crippen molar-refractivity contribution < 1.29 is 4.74 Å². The highest BCUT2D eigenvalue weighted by Crippen LogP contribution is 2.28. The first-order valence-corrected chi connectivity index (χ1v) is 5.11. The van der Waals surface area contributed by atoms with Gasteiger partial charge in [0.2, 0.25) is 0 Å². The summed E-state index contributed by atoms with van der Waals surface area (Å²) < 4.78 is 5.66. The minimum atomic E-state index is 0.297. The molecule has 0 N–H and O–H groups in total. The number of rotatable bonds is 1. The second kappa shape index (κ2) is 4.12. The van der Waals surface area contributed by atoms with Crippen LogP contribution >= 0.6 is 11.6 Å². The Bertz CT molecular complexity index is 262. The topological polar surface area (TPSA) is 9.23 Å². The number of ether oxygens (including phenoxy) is 1. The molecular weight excluding hydrogens is 184 g/mol. The molecule has 1 aromatic carbocycles. The fourth-order valence-electron chi connectivity index (χ4n) is 1.68. The number of halogens is 1. The lowest BCUT2D eigenvalue weighted by Crippen LogP contribution is -2.11. The van der Waals surface area contributed by atoms with Crippen molar-refractivity contribution in [1.82, 2.24) is 0 Å². The normalized spacial score (nSPS) is 23.0. The van der Waals surface area contributed by atoms with Crippen molar-refractivity contribution in [2.24, 2.45) is 0 Å². The Labute approximate surface area is 83.7 Å². The summed E-state index contributed by atoms with van der Waals surface area (Å²) in [5, 5.41) is 0.791. The minimum absolute atomic E-state index is 0.297. The van der Waals surface area contributed by atoms with Crippen molar-refractivity contribution in [2.75, 3.05) is 6.61 Å². The van der Waals surface area contributed by atoms with Gasteiger partial charge >= 0.3 is 0 Å². The van der Waals surface area contributed by atoms with Crippen LogP contribution in [0.5, 0.6) is 0 Å². The molecular formula is C11H13ClO. The van der Waals surface area contributed by atoms with E-state index in [1.807, 2.05) is 12.1 Å². The second-order valence-corrected chi connectivity index (χ2v) is 3.84. The van der Waals surface area contributed by atoms with E-state index in [1.54, 1.807) is 0 Å². The Hall–Kier alpha value is -0.530. The van der Waals surface area contributed by atoms with E-state index in [9.17, 15) is 0 Å². The molecule has 2 rings (SSSR count). The quantitative estimate of drug-likeness (QED) is 0.667. The van der Waals surface area contributed by atoms with E-state index in [4.69, 9.17) is 16.3 Å². The van der Waals surface area contributed by atoms with Crippen molar-refractivity contribution in [1.29, 1.82) is 0 Å². The van der Waals surface area contributed by atoms with Crippen molar-refractivity contribution in [3.63, 3.8) is 0 Å². The highest BCUT2D eigenvalue weighted by molar-refractivity contribution is 6.30. The molecule has 1 saturated heterocycles. The molecule has 0 unspecified atom stereocenters. The first-order chi connectivity index (χ1) is 6.36. The molecule has 0 amide bonds. The van der Waals surface area contributed by atoms with E-state index in [2.05, 4.69) is 12.1 Å². The first kappa shape index (κ1) is 9.04. The van der Waals surface area contributed by atoms with Gasteiger partial charge in [-0.25, -0.2) is 0 Å². The van der Waals surface area contributed by atoms with Gasteiger partial charge in [-0.1, -0.05) is 23.7 Å². The van der Waals surface area contributed by atoms with Crippen LogP contribution in [-0.2, 0) is 4.74 Å². The lowest BCUT2D eigenvalue weighted by Gasteiger charge is -2.22. The van der Waals surface area contributed by atoms with Crippen LogP contribution in [0.3, 0.4) is 0 Å². The van der Waals surface area contributed by atoms with E-state index in [-0.39, 0.29) is 0 Å². The highest BCUT2D eigenvalue weighted by Gasteiger charge is 2.15. The molecule has 0 saturated carbocycles. The molecule has 0 bridgehead atoms. The summed E-state index contributed by atoms with van der Waals surface area (Å²) in [6.45, 7) is 0.896. The predicted octanol–water partition coefficient (Wildman–Crippen LogP) is 3.58. The zero-order chi connectivity index (χ0) is 9.10. The zero-order valence-corrected chi connectivity index (χ0v) is 8.26. The average molecular weight is 197 g/mol. The van der Waals surface area contributed by atoms with Gasteiger partial charge in [-0.15, -0.1) is 0 Å². The fraction of sp³-hybridized carbons (Fsp3) is 0.455. The lowest BCUT2D eigenvalue weighted by molar-refractivity contribution is 0.0149. The third kappa shape index (κ3) is 2.23. The van der Waals surface area contributed by atoms with E-state index in [0.717, 1.165) is 18.1 Å². The molecule has 0 aromatic heterocycles. The van der Waals surface area contributed by atoms with Crippen LogP contribution in [0.1, 0.15) is 30.9 Å². The molecule has 1 aromatic rings. The maximum atomic E-state index is 5.81. The average Bonchev–Trinajstić information content (AvgIpc) is 2.20. The summed E-state index contributed by atoms with van der Waals surface area (Å²) in [6.07, 6.45) is 3.91. The van der Waals surface area contributed by atoms with E-state index in [0.29, 0.717) is 6.10 Å². The monoisotopic (exact) mass is 196 g/mol. The van der Waals surface area contributed by atoms with Gasteiger partial charge in [-0.2, -0.15) is 0 Å². The van der Waals surface area contributed by atoms with Gasteiger partial charge in [0.1, 0.15) is 0 Å². The van der Waals surface area contributed by atoms with Crippen LogP contribution in [0.15, 0.2) is 24.3 Å². The van der Waals surface area contributed by atoms with Crippen LogP contribution in [0, 0.1) is 0 Å². The smallest absolute Gasteiger partial charge is 0.0824 e. The molecule has 1 heterocycles. The molecule has 1 atom stereocenters. The standard InChI is InChI=1S/C11H13ClO/c12-10-6-4-9(5-7-10)11-3-1-2-8-13-11/h4-7,11H,1-3,8H2/t11-/m1/s1. The van der Waals surface area contributed by atoms with E-state index in [1.165, 1.54) is 18.4 Å². The van der Waals surface area contributed by atoms with Gasteiger partial charge in [0.25, 0.3) is 0 Å². The molecule has 13 heavy (non-hydrogen) atoms. The van der Waals surface area contributed by atoms with Crippen LogP contribution in [0.4, 0.5) is 0 Å². The molecule has 1 aliphatic rings. The zero-order valence-electron chi connectivity index (χ0n) is 7.50. The largest absolute Gasteiger partial charge is 0.374 e. The maximum Gasteiger partial charge on any atom is 0.0824 e. The number of benzene rings is 1. The van der Waals surface area contributed by atoms with Gasteiger partial charge in [0.15, 0.2) is 0 Å². The maximum absolute atomic E-state index is 5.81. The van der Waals surface area contributed by atoms with Gasteiger partial charge < -0.3 is 4.74 Å². The summed E-state index contributed by atoms with van der Waals surface area (Å²) in [5.41, 5.74) is 1.25. The molecule has 70 valence electrons. The molecule has 0 aliphatic carbocycles. The van der Waals surface area contributed by atoms with Crippen molar-refractivity contribution in [2.45, 2.75) is 25.4 Å². The summed E-state index contributed by atoms with van der Waals surface area (Å²) in [4.78, 5) is 0. The Morgan fingerprint density at radius 3 is 2.54 bits per heavy atom. The Morgan fingerprint density at radius 1 is 1.15 bits per heavy atom. The molecule has 1 fully saturated rings. The Balaban J connectivity index is 2.10. The fourth-order valence-corrected chi connectivity index (χ4v) is 1.81. The predicted molar refractivity (Wildman–Crippen MR) is 54.0 cm³/mol. The number of hydrogen-bond donors (Lipinski definition) is 0. The highest BCUT2D eigenvalue weighted by atomic mass is 35.5. The summed E-state index contributed by atoms with van der Waals surface area (Å²) in [6, 6.07) is 7.96. The summed E-state index contributed by atoms with van der Waals surface area (Å²) in [5.74, 6) is 0. The third-order valence-electron chi connectivity index (χ3n) is 2.42. The molecule has 1 aliphatic heterocycles. The summed E-state index contributed by atoms with van der Waals surface area (Å²) >= 11 is 5.81. The van der Waals surface area contributed by atoms with E-state index < -0.39 is 0 Å². The molecule has 1 nitrogen and oxygen atoms in total. The van der Waals surface area contributed by atoms with Gasteiger partial charge in [0.05, 0.1) is 6.10 Å². The lowest BCUT2D eigenvalue weighted by atomic mass is 10.0. The summed E-state index contributed by atoms with van der Waals surface area (Å²) in [7, 11) is 0. The minimum Gasteiger partial charge on any atom is -0.374 e. The van der Waals surface area contributed by atoms with Gasteiger partial charge in [0, 0.05) is 11.6 Å². The first-order valence-electron chi connectivity index (χ1n) is 4.73. The van der Waals surface area contributed by atoms with Crippen molar-refractivity contribution in [3.8, 4) is 0 Å².